The van der Waals surface area contributed by atoms with E-state index in [0.717, 1.165) is 21.3 Å². The van der Waals surface area contributed by atoms with Crippen LogP contribution in [0.15, 0.2) is 19.6 Å². The number of furan rings is 1. The van der Waals surface area contributed by atoms with Crippen LogP contribution >= 0.6 is 31.9 Å². The van der Waals surface area contributed by atoms with E-state index in [1.54, 1.807) is 0 Å². The Bertz CT molecular complexity index is 263. The smallest absolute Gasteiger partial charge is 0.183 e. The fourth-order valence-electron chi connectivity index (χ4n) is 0.710. The number of rotatable bonds is 2. The van der Waals surface area contributed by atoms with E-state index in [2.05, 4.69) is 37.8 Å². The second kappa shape index (κ2) is 3.99. The zero-order chi connectivity index (χ0) is 8.27. The number of terminal acetylenes is 1. The predicted octanol–water partition coefficient (Wildman–Crippen LogP) is 3.37. The van der Waals surface area contributed by atoms with E-state index in [9.17, 15) is 0 Å². The van der Waals surface area contributed by atoms with Gasteiger partial charge in [0.05, 0.1) is 4.47 Å². The van der Waals surface area contributed by atoms with Gasteiger partial charge in [0.2, 0.25) is 0 Å². The average molecular weight is 278 g/mol. The van der Waals surface area contributed by atoms with Crippen molar-refractivity contribution in [2.75, 3.05) is 0 Å². The highest BCUT2D eigenvalue weighted by Gasteiger charge is 2.04. The summed E-state index contributed by atoms with van der Waals surface area (Å²) >= 11 is 6.56. The Morgan fingerprint density at radius 1 is 1.55 bits per heavy atom. The SMILES string of the molecule is C#CCCc1cc(Br)c(Br)o1. The third-order valence-corrected chi connectivity index (χ3v) is 2.92. The van der Waals surface area contributed by atoms with Gasteiger partial charge in [-0.2, -0.15) is 0 Å². The molecule has 0 unspecified atom stereocenters. The van der Waals surface area contributed by atoms with Crippen molar-refractivity contribution in [1.82, 2.24) is 0 Å². The molecule has 0 aliphatic heterocycles. The lowest BCUT2D eigenvalue weighted by Crippen LogP contribution is -1.76. The zero-order valence-corrected chi connectivity index (χ0v) is 8.91. The van der Waals surface area contributed by atoms with Crippen LogP contribution in [0.1, 0.15) is 12.2 Å². The molecule has 1 nitrogen and oxygen atoms in total. The van der Waals surface area contributed by atoms with Crippen LogP contribution in [0, 0.1) is 12.3 Å². The van der Waals surface area contributed by atoms with E-state index >= 15 is 0 Å². The van der Waals surface area contributed by atoms with Gasteiger partial charge < -0.3 is 4.42 Å². The van der Waals surface area contributed by atoms with E-state index in [4.69, 9.17) is 10.8 Å². The lowest BCUT2D eigenvalue weighted by atomic mass is 10.3. The van der Waals surface area contributed by atoms with Crippen LogP contribution in [-0.4, -0.2) is 0 Å². The molecule has 0 radical (unpaired) electrons. The van der Waals surface area contributed by atoms with Crippen LogP contribution in [0.4, 0.5) is 0 Å². The fraction of sp³-hybridized carbons (Fsp3) is 0.250. The second-order valence-electron chi connectivity index (χ2n) is 2.04. The van der Waals surface area contributed by atoms with Crippen molar-refractivity contribution in [3.8, 4) is 12.3 Å². The van der Waals surface area contributed by atoms with Crippen molar-refractivity contribution >= 4 is 31.9 Å². The Hall–Kier alpha value is -0.200. The van der Waals surface area contributed by atoms with Gasteiger partial charge in [0.25, 0.3) is 0 Å². The van der Waals surface area contributed by atoms with Crippen LogP contribution in [-0.2, 0) is 6.42 Å². The molecule has 0 aliphatic carbocycles. The molecule has 0 amide bonds. The van der Waals surface area contributed by atoms with Crippen molar-refractivity contribution in [2.24, 2.45) is 0 Å². The number of aryl methyl sites for hydroxylation is 1. The first kappa shape index (κ1) is 8.89. The molecule has 0 saturated heterocycles. The maximum Gasteiger partial charge on any atom is 0.183 e. The minimum atomic E-state index is 0.715. The summed E-state index contributed by atoms with van der Waals surface area (Å²) in [5, 5.41) is 0. The molecule has 0 spiro atoms. The molecule has 1 aromatic heterocycles. The summed E-state index contributed by atoms with van der Waals surface area (Å²) in [6.07, 6.45) is 6.61. The molecule has 0 aliphatic rings. The Morgan fingerprint density at radius 2 is 2.27 bits per heavy atom. The van der Waals surface area contributed by atoms with Gasteiger partial charge in [-0.05, 0) is 37.9 Å². The fourth-order valence-corrected chi connectivity index (χ4v) is 1.37. The molecule has 0 saturated carbocycles. The maximum absolute atomic E-state index is 5.29. The van der Waals surface area contributed by atoms with Crippen molar-refractivity contribution in [3.05, 3.63) is 21.0 Å². The third-order valence-electron chi connectivity index (χ3n) is 1.21. The van der Waals surface area contributed by atoms with Crippen LogP contribution in [0.3, 0.4) is 0 Å². The average Bonchev–Trinajstić information content (AvgIpc) is 2.28. The molecule has 0 aromatic carbocycles. The van der Waals surface area contributed by atoms with Crippen molar-refractivity contribution < 1.29 is 4.42 Å². The summed E-state index contributed by atoms with van der Waals surface area (Å²) in [5.74, 6) is 3.46. The second-order valence-corrected chi connectivity index (χ2v) is 3.61. The molecule has 0 fully saturated rings. The van der Waals surface area contributed by atoms with E-state index in [1.165, 1.54) is 0 Å². The predicted molar refractivity (Wildman–Crippen MR) is 51.3 cm³/mol. The molecule has 0 N–H and O–H groups in total. The summed E-state index contributed by atoms with van der Waals surface area (Å²) in [7, 11) is 0. The lowest BCUT2D eigenvalue weighted by molar-refractivity contribution is 0.488. The van der Waals surface area contributed by atoms with Gasteiger partial charge in [0.15, 0.2) is 4.67 Å². The summed E-state index contributed by atoms with van der Waals surface area (Å²) in [6.45, 7) is 0. The van der Waals surface area contributed by atoms with Crippen LogP contribution in [0.2, 0.25) is 0 Å². The number of halogens is 2. The largest absolute Gasteiger partial charge is 0.453 e. The van der Waals surface area contributed by atoms with Crippen molar-refractivity contribution in [2.45, 2.75) is 12.8 Å². The first-order valence-corrected chi connectivity index (χ1v) is 4.70. The van der Waals surface area contributed by atoms with Crippen molar-refractivity contribution in [1.29, 1.82) is 0 Å². The Morgan fingerprint density at radius 3 is 2.73 bits per heavy atom. The number of hydrogen-bond donors (Lipinski definition) is 0. The topological polar surface area (TPSA) is 13.1 Å². The van der Waals surface area contributed by atoms with E-state index in [-0.39, 0.29) is 0 Å². The Labute approximate surface area is 82.4 Å². The summed E-state index contributed by atoms with van der Waals surface area (Å²) in [4.78, 5) is 0. The standard InChI is InChI=1S/C8H6Br2O/c1-2-3-4-6-5-7(9)8(10)11-6/h1,5H,3-4H2. The number of hydrogen-bond acceptors (Lipinski definition) is 1. The van der Waals surface area contributed by atoms with E-state index in [1.807, 2.05) is 6.07 Å². The molecular formula is C8H6Br2O. The van der Waals surface area contributed by atoms with Crippen LogP contribution in [0.5, 0.6) is 0 Å². The molecule has 1 rings (SSSR count). The van der Waals surface area contributed by atoms with E-state index < -0.39 is 0 Å². The first-order chi connectivity index (χ1) is 5.24. The summed E-state index contributed by atoms with van der Waals surface area (Å²) < 4.78 is 6.95. The molecule has 0 atom stereocenters. The maximum atomic E-state index is 5.29. The summed E-state index contributed by atoms with van der Waals surface area (Å²) in [5.41, 5.74) is 0. The van der Waals surface area contributed by atoms with E-state index in [0.29, 0.717) is 6.42 Å². The molecule has 1 heterocycles. The van der Waals surface area contributed by atoms with Gasteiger partial charge in [-0.3, -0.25) is 0 Å². The summed E-state index contributed by atoms with van der Waals surface area (Å²) in [6, 6.07) is 1.92. The van der Waals surface area contributed by atoms with Gasteiger partial charge in [0, 0.05) is 12.8 Å². The molecule has 0 bridgehead atoms. The highest BCUT2D eigenvalue weighted by Crippen LogP contribution is 2.27. The lowest BCUT2D eigenvalue weighted by Gasteiger charge is -1.86. The van der Waals surface area contributed by atoms with Gasteiger partial charge in [-0.15, -0.1) is 12.3 Å². The Balaban J connectivity index is 2.67. The van der Waals surface area contributed by atoms with Gasteiger partial charge in [-0.1, -0.05) is 0 Å². The minimum absolute atomic E-state index is 0.715. The Kier molecular flexibility index (Phi) is 3.22. The van der Waals surface area contributed by atoms with Crippen LogP contribution < -0.4 is 0 Å². The molecule has 11 heavy (non-hydrogen) atoms. The minimum Gasteiger partial charge on any atom is -0.453 e. The first-order valence-electron chi connectivity index (χ1n) is 3.11. The van der Waals surface area contributed by atoms with Gasteiger partial charge >= 0.3 is 0 Å². The molecule has 58 valence electrons. The molecule has 1 aromatic rings. The van der Waals surface area contributed by atoms with Crippen LogP contribution in [0.25, 0.3) is 0 Å². The quantitative estimate of drug-likeness (QED) is 0.756. The van der Waals surface area contributed by atoms with Gasteiger partial charge in [0.1, 0.15) is 5.76 Å². The molecular weight excluding hydrogens is 272 g/mol. The normalized spacial score (nSPS) is 9.55. The third kappa shape index (κ3) is 2.39. The van der Waals surface area contributed by atoms with Gasteiger partial charge in [-0.25, -0.2) is 0 Å². The monoisotopic (exact) mass is 276 g/mol. The molecule has 3 heteroatoms. The highest BCUT2D eigenvalue weighted by atomic mass is 79.9. The van der Waals surface area contributed by atoms with Crippen molar-refractivity contribution in [3.63, 3.8) is 0 Å². The zero-order valence-electron chi connectivity index (χ0n) is 5.73. The highest BCUT2D eigenvalue weighted by molar-refractivity contribution is 9.13.